The molecule has 0 fully saturated rings. The van der Waals surface area contributed by atoms with Gasteiger partial charge in [0.2, 0.25) is 0 Å². The Kier molecular flexibility index (Phi) is 3.42. The Morgan fingerprint density at radius 1 is 1.16 bits per heavy atom. The molecular weight excluding hydrogens is 261 g/mol. The largest absolute Gasteiger partial charge is 0.464 e. The molecule has 0 aliphatic carbocycles. The van der Waals surface area contributed by atoms with E-state index in [0.717, 1.165) is 0 Å². The van der Waals surface area contributed by atoms with Crippen LogP contribution in [0.1, 0.15) is 26.5 Å². The fourth-order valence-corrected chi connectivity index (χ4v) is 1.77. The highest BCUT2D eigenvalue weighted by atomic mass is 19.4. The van der Waals surface area contributed by atoms with E-state index in [9.17, 15) is 13.2 Å². The Morgan fingerprint density at radius 3 is 2.37 bits per heavy atom. The van der Waals surface area contributed by atoms with Crippen LogP contribution >= 0.6 is 0 Å². The van der Waals surface area contributed by atoms with Gasteiger partial charge < -0.3 is 15.4 Å². The van der Waals surface area contributed by atoms with Crippen LogP contribution in [0, 0.1) is 0 Å². The summed E-state index contributed by atoms with van der Waals surface area (Å²) in [6, 6.07) is -0.474. The first kappa shape index (κ1) is 13.7. The molecule has 0 radical (unpaired) electrons. The summed E-state index contributed by atoms with van der Waals surface area (Å²) in [4.78, 5) is 7.40. The quantitative estimate of drug-likeness (QED) is 0.869. The summed E-state index contributed by atoms with van der Waals surface area (Å²) >= 11 is 0. The number of aromatic nitrogens is 2. The van der Waals surface area contributed by atoms with Crippen molar-refractivity contribution in [3.8, 4) is 6.01 Å². The van der Waals surface area contributed by atoms with Gasteiger partial charge in [-0.25, -0.2) is 0 Å². The SMILES string of the molecule is CCOc1nc2c(c(C(F)(F)F)n1)N[C@@H](C)[C@@H](C)N2. The molecule has 1 aliphatic heterocycles. The van der Waals surface area contributed by atoms with Gasteiger partial charge in [-0.15, -0.1) is 0 Å². The minimum absolute atomic E-state index is 0.0436. The summed E-state index contributed by atoms with van der Waals surface area (Å²) in [5.41, 5.74) is -1.13. The van der Waals surface area contributed by atoms with Crippen LogP contribution in [-0.2, 0) is 6.18 Å². The average Bonchev–Trinajstić information content (AvgIpc) is 2.29. The minimum atomic E-state index is -4.56. The van der Waals surface area contributed by atoms with Crippen molar-refractivity contribution in [3.05, 3.63) is 5.69 Å². The summed E-state index contributed by atoms with van der Waals surface area (Å²) in [7, 11) is 0. The molecule has 0 saturated heterocycles. The molecule has 1 aromatic rings. The average molecular weight is 276 g/mol. The van der Waals surface area contributed by atoms with Crippen LogP contribution in [0.2, 0.25) is 0 Å². The molecule has 2 rings (SSSR count). The summed E-state index contributed by atoms with van der Waals surface area (Å²) in [6.07, 6.45) is -4.56. The van der Waals surface area contributed by atoms with E-state index in [4.69, 9.17) is 4.74 Å². The number of halogens is 3. The lowest BCUT2D eigenvalue weighted by Crippen LogP contribution is -2.40. The number of nitrogens with one attached hydrogen (secondary N) is 2. The molecule has 1 aromatic heterocycles. The normalized spacial score (nSPS) is 22.2. The molecule has 0 amide bonds. The van der Waals surface area contributed by atoms with E-state index in [2.05, 4.69) is 20.6 Å². The van der Waals surface area contributed by atoms with Gasteiger partial charge in [-0.1, -0.05) is 0 Å². The molecule has 1 aliphatic rings. The van der Waals surface area contributed by atoms with Crippen LogP contribution in [0.15, 0.2) is 0 Å². The van der Waals surface area contributed by atoms with Gasteiger partial charge in [0.05, 0.1) is 6.61 Å². The number of rotatable bonds is 2. The highest BCUT2D eigenvalue weighted by molar-refractivity contribution is 5.71. The van der Waals surface area contributed by atoms with Gasteiger partial charge in [0, 0.05) is 12.1 Å². The number of hydrogen-bond donors (Lipinski definition) is 2. The molecular formula is C11H15F3N4O. The second-order valence-corrected chi connectivity index (χ2v) is 4.38. The number of ether oxygens (including phenoxy) is 1. The maximum absolute atomic E-state index is 13.0. The van der Waals surface area contributed by atoms with E-state index in [-0.39, 0.29) is 36.2 Å². The molecule has 106 valence electrons. The lowest BCUT2D eigenvalue weighted by molar-refractivity contribution is -0.140. The third kappa shape index (κ3) is 2.66. The van der Waals surface area contributed by atoms with Crippen LogP contribution in [0.25, 0.3) is 0 Å². The molecule has 2 heterocycles. The van der Waals surface area contributed by atoms with Crippen molar-refractivity contribution < 1.29 is 17.9 Å². The predicted octanol–water partition coefficient (Wildman–Crippen LogP) is 2.51. The zero-order valence-corrected chi connectivity index (χ0v) is 10.8. The number of anilines is 2. The van der Waals surface area contributed by atoms with E-state index in [1.54, 1.807) is 13.8 Å². The van der Waals surface area contributed by atoms with Gasteiger partial charge in [0.25, 0.3) is 0 Å². The Morgan fingerprint density at radius 2 is 1.79 bits per heavy atom. The Balaban J connectivity index is 2.52. The summed E-state index contributed by atoms with van der Waals surface area (Å²) in [5.74, 6) is 0.122. The van der Waals surface area contributed by atoms with Crippen molar-refractivity contribution in [2.24, 2.45) is 0 Å². The molecule has 0 saturated carbocycles. The standard InChI is InChI=1S/C11H15F3N4O/c1-4-19-10-17-8(11(12,13)14)7-9(18-10)16-6(3)5(2)15-7/h5-6,15H,4H2,1-3H3,(H,16,17,18)/t5-,6+/m0/s1. The topological polar surface area (TPSA) is 59.1 Å². The monoisotopic (exact) mass is 276 g/mol. The van der Waals surface area contributed by atoms with E-state index in [1.807, 2.05) is 6.92 Å². The van der Waals surface area contributed by atoms with E-state index < -0.39 is 11.9 Å². The van der Waals surface area contributed by atoms with E-state index in [1.165, 1.54) is 0 Å². The highest BCUT2D eigenvalue weighted by Crippen LogP contribution is 2.40. The molecule has 8 heteroatoms. The number of hydrogen-bond acceptors (Lipinski definition) is 5. The summed E-state index contributed by atoms with van der Waals surface area (Å²) in [5, 5.41) is 5.72. The zero-order chi connectivity index (χ0) is 14.2. The van der Waals surface area contributed by atoms with Crippen LogP contribution < -0.4 is 15.4 Å². The van der Waals surface area contributed by atoms with Gasteiger partial charge in [-0.2, -0.15) is 23.1 Å². The number of nitrogens with zero attached hydrogens (tertiary/aromatic N) is 2. The number of fused-ring (bicyclic) bond motifs is 1. The fourth-order valence-electron chi connectivity index (χ4n) is 1.77. The van der Waals surface area contributed by atoms with Crippen LogP contribution in [0.4, 0.5) is 24.7 Å². The first-order valence-corrected chi connectivity index (χ1v) is 5.98. The van der Waals surface area contributed by atoms with Crippen LogP contribution in [0.3, 0.4) is 0 Å². The van der Waals surface area contributed by atoms with Crippen molar-refractivity contribution in [1.29, 1.82) is 0 Å². The Hall–Kier alpha value is -1.73. The lowest BCUT2D eigenvalue weighted by atomic mass is 10.1. The maximum Gasteiger partial charge on any atom is 0.435 e. The second kappa shape index (κ2) is 4.75. The van der Waals surface area contributed by atoms with Crippen LogP contribution in [-0.4, -0.2) is 28.7 Å². The van der Waals surface area contributed by atoms with Gasteiger partial charge in [0.1, 0.15) is 5.69 Å². The van der Waals surface area contributed by atoms with Crippen molar-refractivity contribution in [1.82, 2.24) is 9.97 Å². The zero-order valence-electron chi connectivity index (χ0n) is 10.8. The molecule has 0 aromatic carbocycles. The second-order valence-electron chi connectivity index (χ2n) is 4.38. The minimum Gasteiger partial charge on any atom is -0.464 e. The smallest absolute Gasteiger partial charge is 0.435 e. The Labute approximate surface area is 108 Å². The maximum atomic E-state index is 13.0. The molecule has 5 nitrogen and oxygen atoms in total. The van der Waals surface area contributed by atoms with Crippen molar-refractivity contribution in [2.45, 2.75) is 39.0 Å². The van der Waals surface area contributed by atoms with Crippen LogP contribution in [0.5, 0.6) is 6.01 Å². The molecule has 0 unspecified atom stereocenters. The molecule has 19 heavy (non-hydrogen) atoms. The summed E-state index contributed by atoms with van der Waals surface area (Å²) in [6.45, 7) is 5.51. The van der Waals surface area contributed by atoms with Gasteiger partial charge in [-0.05, 0) is 20.8 Å². The van der Waals surface area contributed by atoms with E-state index >= 15 is 0 Å². The van der Waals surface area contributed by atoms with Gasteiger partial charge >= 0.3 is 12.2 Å². The molecule has 0 spiro atoms. The third-order valence-electron chi connectivity index (χ3n) is 2.92. The first-order chi connectivity index (χ1) is 8.82. The Bertz CT molecular complexity index is 478. The van der Waals surface area contributed by atoms with Gasteiger partial charge in [0.15, 0.2) is 11.5 Å². The first-order valence-electron chi connectivity index (χ1n) is 5.98. The van der Waals surface area contributed by atoms with Gasteiger partial charge in [-0.3, -0.25) is 0 Å². The van der Waals surface area contributed by atoms with Crippen molar-refractivity contribution in [2.75, 3.05) is 17.2 Å². The lowest BCUT2D eigenvalue weighted by Gasteiger charge is -2.32. The molecule has 0 bridgehead atoms. The van der Waals surface area contributed by atoms with Crippen molar-refractivity contribution >= 4 is 11.5 Å². The van der Waals surface area contributed by atoms with Crippen molar-refractivity contribution in [3.63, 3.8) is 0 Å². The fraction of sp³-hybridized carbons (Fsp3) is 0.636. The summed E-state index contributed by atoms with van der Waals surface area (Å²) < 4.78 is 44.0. The number of alkyl halides is 3. The highest BCUT2D eigenvalue weighted by Gasteiger charge is 2.40. The molecule has 2 N–H and O–H groups in total. The van der Waals surface area contributed by atoms with E-state index in [0.29, 0.717) is 0 Å². The molecule has 2 atom stereocenters. The third-order valence-corrected chi connectivity index (χ3v) is 2.92. The predicted molar refractivity (Wildman–Crippen MR) is 64.4 cm³/mol.